The van der Waals surface area contributed by atoms with Gasteiger partial charge in [-0.3, -0.25) is 20.0 Å². The smallest absolute Gasteiger partial charge is 0.248 e. The zero-order valence-corrected chi connectivity index (χ0v) is 15.0. The van der Waals surface area contributed by atoms with Crippen LogP contribution in [0, 0.1) is 5.92 Å². The molecule has 4 rings (SSSR count). The second-order valence-corrected chi connectivity index (χ2v) is 6.64. The monoisotopic (exact) mass is 371 g/mol. The summed E-state index contributed by atoms with van der Waals surface area (Å²) in [6.45, 7) is 1.03. The fourth-order valence-corrected chi connectivity index (χ4v) is 3.37. The van der Waals surface area contributed by atoms with Crippen LogP contribution < -0.4 is 15.0 Å². The third kappa shape index (κ3) is 3.63. The van der Waals surface area contributed by atoms with Crippen LogP contribution in [0.25, 0.3) is 0 Å². The van der Waals surface area contributed by atoms with Crippen molar-refractivity contribution in [2.24, 2.45) is 5.92 Å². The Labute approximate surface area is 156 Å². The van der Waals surface area contributed by atoms with Crippen LogP contribution in [-0.2, 0) is 14.3 Å². The quantitative estimate of drug-likeness (QED) is 0.827. The van der Waals surface area contributed by atoms with Crippen LogP contribution in [0.5, 0.6) is 5.75 Å². The number of nitrogens with zero attached hydrogens (tertiary/aromatic N) is 3. The standard InChI is InChI=1S/C18H21N5O4/c1-26-13-6-4-12(5-7-13)23-10-11(9-15(23)24)17(25)20-18-19-16(21-22-18)14-3-2-8-27-14/h4-7,11,14H,2-3,8-10H2,1H3,(H2,19,20,21,22,25)/t11-,14-/m0/s1. The summed E-state index contributed by atoms with van der Waals surface area (Å²) in [5.74, 6) is 0.731. The first-order chi connectivity index (χ1) is 13.1. The molecule has 1 aromatic heterocycles. The summed E-state index contributed by atoms with van der Waals surface area (Å²) < 4.78 is 10.7. The maximum atomic E-state index is 12.5. The molecule has 2 amide bonds. The molecule has 0 radical (unpaired) electrons. The van der Waals surface area contributed by atoms with E-state index in [9.17, 15) is 9.59 Å². The molecule has 27 heavy (non-hydrogen) atoms. The highest BCUT2D eigenvalue weighted by atomic mass is 16.5. The summed E-state index contributed by atoms with van der Waals surface area (Å²) in [6, 6.07) is 7.19. The molecule has 2 aromatic rings. The van der Waals surface area contributed by atoms with Crippen LogP contribution in [0.3, 0.4) is 0 Å². The first-order valence-electron chi connectivity index (χ1n) is 8.93. The number of nitrogens with one attached hydrogen (secondary N) is 2. The van der Waals surface area contributed by atoms with Crippen molar-refractivity contribution in [1.82, 2.24) is 15.2 Å². The summed E-state index contributed by atoms with van der Waals surface area (Å²) >= 11 is 0. The number of aromatic nitrogens is 3. The second-order valence-electron chi connectivity index (χ2n) is 6.64. The Hall–Kier alpha value is -2.94. The maximum absolute atomic E-state index is 12.5. The Balaban J connectivity index is 1.38. The molecule has 2 saturated heterocycles. The Kier molecular flexibility index (Phi) is 4.76. The lowest BCUT2D eigenvalue weighted by molar-refractivity contribution is -0.122. The van der Waals surface area contributed by atoms with Gasteiger partial charge in [-0.2, -0.15) is 4.98 Å². The normalized spacial score (nSPS) is 22.3. The van der Waals surface area contributed by atoms with Crippen molar-refractivity contribution < 1.29 is 19.1 Å². The zero-order valence-electron chi connectivity index (χ0n) is 15.0. The van der Waals surface area contributed by atoms with Crippen LogP contribution in [0.1, 0.15) is 31.2 Å². The summed E-state index contributed by atoms with van der Waals surface area (Å²) in [5, 5.41) is 9.53. The van der Waals surface area contributed by atoms with Crippen molar-refractivity contribution >= 4 is 23.5 Å². The number of amides is 2. The number of hydrogen-bond donors (Lipinski definition) is 2. The van der Waals surface area contributed by atoms with Crippen molar-refractivity contribution in [3.8, 4) is 5.75 Å². The van der Waals surface area contributed by atoms with E-state index in [1.54, 1.807) is 36.3 Å². The van der Waals surface area contributed by atoms with Crippen LogP contribution in [0.15, 0.2) is 24.3 Å². The SMILES string of the molecule is COc1ccc(N2C[C@@H](C(=O)Nc3n[nH]c([C@@H]4CCCO4)n3)CC2=O)cc1. The summed E-state index contributed by atoms with van der Waals surface area (Å²) in [7, 11) is 1.59. The van der Waals surface area contributed by atoms with Crippen LogP contribution >= 0.6 is 0 Å². The Bertz CT molecular complexity index is 829. The van der Waals surface area contributed by atoms with Gasteiger partial charge < -0.3 is 14.4 Å². The topological polar surface area (TPSA) is 109 Å². The molecule has 0 spiro atoms. The molecule has 3 heterocycles. The van der Waals surface area contributed by atoms with E-state index in [-0.39, 0.29) is 30.3 Å². The van der Waals surface area contributed by atoms with Crippen molar-refractivity contribution in [3.05, 3.63) is 30.1 Å². The van der Waals surface area contributed by atoms with Gasteiger partial charge in [-0.15, -0.1) is 5.10 Å². The molecular formula is C18H21N5O4. The van der Waals surface area contributed by atoms with Crippen molar-refractivity contribution in [1.29, 1.82) is 0 Å². The first kappa shape index (κ1) is 17.5. The van der Waals surface area contributed by atoms with E-state index >= 15 is 0 Å². The average Bonchev–Trinajstić information content (AvgIpc) is 3.42. The van der Waals surface area contributed by atoms with Gasteiger partial charge >= 0.3 is 0 Å². The van der Waals surface area contributed by atoms with Crippen LogP contribution in [-0.4, -0.2) is 47.3 Å². The highest BCUT2D eigenvalue weighted by molar-refractivity contribution is 6.03. The number of rotatable bonds is 5. The zero-order chi connectivity index (χ0) is 18.8. The van der Waals surface area contributed by atoms with Crippen LogP contribution in [0.2, 0.25) is 0 Å². The molecular weight excluding hydrogens is 350 g/mol. The lowest BCUT2D eigenvalue weighted by atomic mass is 10.1. The van der Waals surface area contributed by atoms with Gasteiger partial charge in [-0.05, 0) is 37.1 Å². The fourth-order valence-electron chi connectivity index (χ4n) is 3.37. The number of H-pyrrole nitrogens is 1. The molecule has 2 atom stereocenters. The molecule has 2 fully saturated rings. The van der Waals surface area contributed by atoms with Gasteiger partial charge in [0.1, 0.15) is 11.9 Å². The predicted octanol–water partition coefficient (Wildman–Crippen LogP) is 1.66. The van der Waals surface area contributed by atoms with Gasteiger partial charge in [0, 0.05) is 25.3 Å². The predicted molar refractivity (Wildman–Crippen MR) is 96.4 cm³/mol. The molecule has 1 aromatic carbocycles. The molecule has 0 saturated carbocycles. The third-order valence-electron chi connectivity index (χ3n) is 4.85. The van der Waals surface area contributed by atoms with E-state index in [2.05, 4.69) is 20.5 Å². The minimum atomic E-state index is -0.454. The van der Waals surface area contributed by atoms with Crippen molar-refractivity contribution in [3.63, 3.8) is 0 Å². The number of benzene rings is 1. The minimum Gasteiger partial charge on any atom is -0.497 e. The van der Waals surface area contributed by atoms with E-state index in [0.29, 0.717) is 24.7 Å². The Morgan fingerprint density at radius 3 is 2.89 bits per heavy atom. The van der Waals surface area contributed by atoms with Gasteiger partial charge in [-0.25, -0.2) is 0 Å². The Morgan fingerprint density at radius 2 is 2.19 bits per heavy atom. The van der Waals surface area contributed by atoms with E-state index < -0.39 is 5.92 Å². The van der Waals surface area contributed by atoms with Gasteiger partial charge in [0.05, 0.1) is 13.0 Å². The molecule has 0 bridgehead atoms. The van der Waals surface area contributed by atoms with E-state index in [4.69, 9.17) is 9.47 Å². The largest absolute Gasteiger partial charge is 0.497 e. The first-order valence-corrected chi connectivity index (χ1v) is 8.93. The third-order valence-corrected chi connectivity index (χ3v) is 4.85. The van der Waals surface area contributed by atoms with Gasteiger partial charge in [0.2, 0.25) is 17.8 Å². The molecule has 9 heteroatoms. The molecule has 0 aliphatic carbocycles. The lowest BCUT2D eigenvalue weighted by Crippen LogP contribution is -2.28. The minimum absolute atomic E-state index is 0.0876. The number of ether oxygens (including phenoxy) is 2. The molecule has 2 aliphatic heterocycles. The lowest BCUT2D eigenvalue weighted by Gasteiger charge is -2.16. The summed E-state index contributed by atoms with van der Waals surface area (Å²) in [4.78, 5) is 30.8. The number of anilines is 2. The molecule has 2 N–H and O–H groups in total. The van der Waals surface area contributed by atoms with Crippen LogP contribution in [0.4, 0.5) is 11.6 Å². The highest BCUT2D eigenvalue weighted by Crippen LogP contribution is 2.28. The van der Waals surface area contributed by atoms with E-state index in [1.165, 1.54) is 0 Å². The Morgan fingerprint density at radius 1 is 1.37 bits per heavy atom. The number of hydrogen-bond acceptors (Lipinski definition) is 6. The second kappa shape index (κ2) is 7.36. The number of carbonyl (C=O) groups excluding carboxylic acids is 2. The van der Waals surface area contributed by atoms with Gasteiger partial charge in [0.25, 0.3) is 0 Å². The molecule has 0 unspecified atom stereocenters. The van der Waals surface area contributed by atoms with Gasteiger partial charge in [-0.1, -0.05) is 0 Å². The molecule has 2 aliphatic rings. The van der Waals surface area contributed by atoms with E-state index in [0.717, 1.165) is 18.5 Å². The van der Waals surface area contributed by atoms with Crippen molar-refractivity contribution in [2.75, 3.05) is 30.5 Å². The average molecular weight is 371 g/mol. The number of carbonyl (C=O) groups is 2. The number of methoxy groups -OCH3 is 1. The molecule has 9 nitrogen and oxygen atoms in total. The summed E-state index contributed by atoms with van der Waals surface area (Å²) in [6.07, 6.45) is 1.93. The highest BCUT2D eigenvalue weighted by Gasteiger charge is 2.35. The number of aromatic amines is 1. The fraction of sp³-hybridized carbons (Fsp3) is 0.444. The molecule has 142 valence electrons. The van der Waals surface area contributed by atoms with Gasteiger partial charge in [0.15, 0.2) is 5.82 Å². The maximum Gasteiger partial charge on any atom is 0.248 e. The van der Waals surface area contributed by atoms with Crippen molar-refractivity contribution in [2.45, 2.75) is 25.4 Å². The van der Waals surface area contributed by atoms with E-state index in [1.807, 2.05) is 0 Å². The summed E-state index contributed by atoms with van der Waals surface area (Å²) in [5.41, 5.74) is 0.745.